The van der Waals surface area contributed by atoms with Crippen LogP contribution in [0.4, 0.5) is 11.4 Å². The Morgan fingerprint density at radius 2 is 2.04 bits per heavy atom. The van der Waals surface area contributed by atoms with Gasteiger partial charge in [0.15, 0.2) is 11.5 Å². The van der Waals surface area contributed by atoms with Crippen LogP contribution in [0.2, 0.25) is 0 Å². The summed E-state index contributed by atoms with van der Waals surface area (Å²) in [6.45, 7) is 0.127. The molecule has 0 saturated carbocycles. The van der Waals surface area contributed by atoms with Crippen LogP contribution in [-0.2, 0) is 14.8 Å². The number of ether oxygens (including phenoxy) is 3. The Balaban J connectivity index is 1.87. The predicted octanol–water partition coefficient (Wildman–Crippen LogP) is 2.27. The number of anilines is 2. The monoisotopic (exact) mass is 390 g/mol. The zero-order chi connectivity index (χ0) is 19.2. The van der Waals surface area contributed by atoms with E-state index in [9.17, 15) is 13.2 Å². The first-order valence-electron chi connectivity index (χ1n) is 8.24. The summed E-state index contributed by atoms with van der Waals surface area (Å²) in [4.78, 5) is 12.3. The zero-order valence-electron chi connectivity index (χ0n) is 14.7. The second-order valence-electron chi connectivity index (χ2n) is 6.40. The Bertz CT molecular complexity index is 1030. The maximum atomic E-state index is 12.3. The molecule has 9 heteroatoms. The van der Waals surface area contributed by atoms with Crippen molar-refractivity contribution in [3.05, 3.63) is 41.5 Å². The van der Waals surface area contributed by atoms with Crippen molar-refractivity contribution < 1.29 is 27.4 Å². The lowest BCUT2D eigenvalue weighted by Crippen LogP contribution is -2.24. The Kier molecular flexibility index (Phi) is 4.11. The van der Waals surface area contributed by atoms with Gasteiger partial charge in [0.2, 0.25) is 22.7 Å². The SMILES string of the molecule is COc1cc2c(cc1NS(C)(=O)=O)C(c1cccc3c1OCO3)CC(=O)N2. The molecule has 1 amide bonds. The first-order valence-corrected chi connectivity index (χ1v) is 10.1. The molecule has 0 aliphatic carbocycles. The number of hydrogen-bond acceptors (Lipinski definition) is 6. The number of hydrogen-bond donors (Lipinski definition) is 2. The summed E-state index contributed by atoms with van der Waals surface area (Å²) in [5, 5.41) is 2.82. The van der Waals surface area contributed by atoms with Crippen molar-refractivity contribution in [3.8, 4) is 17.2 Å². The van der Waals surface area contributed by atoms with Crippen LogP contribution in [0, 0.1) is 0 Å². The number of rotatable bonds is 4. The molecule has 2 aromatic rings. The number of nitrogens with one attached hydrogen (secondary N) is 2. The van der Waals surface area contributed by atoms with E-state index in [1.807, 2.05) is 12.1 Å². The standard InChI is InChI=1S/C18H18N2O6S/c1-24-16-8-13-12(6-14(16)20-27(2,22)23)11(7-17(21)19-13)10-4-3-5-15-18(10)26-9-25-15/h3-6,8,11,20H,7,9H2,1-2H3,(H,19,21). The van der Waals surface area contributed by atoms with Crippen molar-refractivity contribution in [2.75, 3.05) is 30.2 Å². The van der Waals surface area contributed by atoms with Gasteiger partial charge in [-0.3, -0.25) is 9.52 Å². The molecule has 2 aliphatic rings. The molecule has 0 fully saturated rings. The van der Waals surface area contributed by atoms with Crippen molar-refractivity contribution in [3.63, 3.8) is 0 Å². The number of fused-ring (bicyclic) bond motifs is 2. The van der Waals surface area contributed by atoms with Crippen LogP contribution in [0.3, 0.4) is 0 Å². The first kappa shape index (κ1) is 17.5. The van der Waals surface area contributed by atoms with E-state index in [-0.39, 0.29) is 25.0 Å². The fourth-order valence-electron chi connectivity index (χ4n) is 3.44. The summed E-state index contributed by atoms with van der Waals surface area (Å²) in [5.74, 6) is 1.10. The van der Waals surface area contributed by atoms with Crippen molar-refractivity contribution >= 4 is 27.3 Å². The number of carbonyl (C=O) groups excluding carboxylic acids is 1. The van der Waals surface area contributed by atoms with Crippen LogP contribution < -0.4 is 24.2 Å². The third kappa shape index (κ3) is 3.25. The fraction of sp³-hybridized carbons (Fsp3) is 0.278. The van der Waals surface area contributed by atoms with Gasteiger partial charge in [-0.2, -0.15) is 0 Å². The Morgan fingerprint density at radius 3 is 2.78 bits per heavy atom. The lowest BCUT2D eigenvalue weighted by molar-refractivity contribution is -0.116. The highest BCUT2D eigenvalue weighted by Gasteiger charge is 2.32. The first-order chi connectivity index (χ1) is 12.9. The molecular weight excluding hydrogens is 372 g/mol. The molecule has 1 atom stereocenters. The van der Waals surface area contributed by atoms with Crippen molar-refractivity contribution in [1.82, 2.24) is 0 Å². The molecule has 2 aliphatic heterocycles. The molecule has 0 spiro atoms. The van der Waals surface area contributed by atoms with Crippen LogP contribution in [0.1, 0.15) is 23.5 Å². The molecule has 0 radical (unpaired) electrons. The highest BCUT2D eigenvalue weighted by Crippen LogP contribution is 2.47. The minimum absolute atomic E-state index is 0.127. The number of carbonyl (C=O) groups is 1. The molecular formula is C18H18N2O6S. The van der Waals surface area contributed by atoms with Crippen LogP contribution in [0.15, 0.2) is 30.3 Å². The summed E-state index contributed by atoms with van der Waals surface area (Å²) in [5.41, 5.74) is 2.47. The van der Waals surface area contributed by atoms with Crippen LogP contribution in [0.5, 0.6) is 17.2 Å². The van der Waals surface area contributed by atoms with Crippen molar-refractivity contribution in [1.29, 1.82) is 0 Å². The van der Waals surface area contributed by atoms with Gasteiger partial charge in [0.25, 0.3) is 0 Å². The molecule has 1 unspecified atom stereocenters. The maximum Gasteiger partial charge on any atom is 0.231 e. The molecule has 0 saturated heterocycles. The summed E-state index contributed by atoms with van der Waals surface area (Å²) in [6.07, 6.45) is 1.28. The molecule has 2 N–H and O–H groups in total. The topological polar surface area (TPSA) is 103 Å². The molecule has 0 bridgehead atoms. The number of benzene rings is 2. The van der Waals surface area contributed by atoms with Crippen LogP contribution in [0.25, 0.3) is 0 Å². The minimum Gasteiger partial charge on any atom is -0.494 e. The highest BCUT2D eigenvalue weighted by molar-refractivity contribution is 7.92. The van der Waals surface area contributed by atoms with Gasteiger partial charge in [-0.15, -0.1) is 0 Å². The van der Waals surface area contributed by atoms with E-state index < -0.39 is 10.0 Å². The van der Waals surface area contributed by atoms with E-state index in [1.165, 1.54) is 7.11 Å². The van der Waals surface area contributed by atoms with Gasteiger partial charge in [-0.25, -0.2) is 8.42 Å². The smallest absolute Gasteiger partial charge is 0.231 e. The average molecular weight is 390 g/mol. The molecule has 0 aromatic heterocycles. The third-order valence-corrected chi connectivity index (χ3v) is 5.10. The second-order valence-corrected chi connectivity index (χ2v) is 8.15. The Labute approximate surface area is 156 Å². The molecule has 8 nitrogen and oxygen atoms in total. The molecule has 2 heterocycles. The highest BCUT2D eigenvalue weighted by atomic mass is 32.2. The van der Waals surface area contributed by atoms with E-state index in [2.05, 4.69) is 10.0 Å². The van der Waals surface area contributed by atoms with Crippen LogP contribution in [-0.4, -0.2) is 34.5 Å². The lowest BCUT2D eigenvalue weighted by Gasteiger charge is -2.28. The number of methoxy groups -OCH3 is 1. The number of amides is 1. The molecule has 142 valence electrons. The quantitative estimate of drug-likeness (QED) is 0.830. The van der Waals surface area contributed by atoms with E-state index in [0.29, 0.717) is 28.6 Å². The van der Waals surface area contributed by atoms with Crippen molar-refractivity contribution in [2.45, 2.75) is 12.3 Å². The van der Waals surface area contributed by atoms with Gasteiger partial charge >= 0.3 is 0 Å². The van der Waals surface area contributed by atoms with E-state index in [0.717, 1.165) is 17.4 Å². The number of sulfonamides is 1. The average Bonchev–Trinajstić information content (AvgIpc) is 3.08. The summed E-state index contributed by atoms with van der Waals surface area (Å²) >= 11 is 0. The van der Waals surface area contributed by atoms with E-state index in [1.54, 1.807) is 18.2 Å². The van der Waals surface area contributed by atoms with Gasteiger partial charge in [-0.05, 0) is 17.7 Å². The predicted molar refractivity (Wildman–Crippen MR) is 99.1 cm³/mol. The van der Waals surface area contributed by atoms with Crippen LogP contribution >= 0.6 is 0 Å². The van der Waals surface area contributed by atoms with Gasteiger partial charge in [0.1, 0.15) is 5.75 Å². The minimum atomic E-state index is -3.50. The summed E-state index contributed by atoms with van der Waals surface area (Å²) < 4.78 is 42.2. The van der Waals surface area contributed by atoms with Gasteiger partial charge in [-0.1, -0.05) is 12.1 Å². The molecule has 27 heavy (non-hydrogen) atoms. The van der Waals surface area contributed by atoms with Gasteiger partial charge < -0.3 is 19.5 Å². The van der Waals surface area contributed by atoms with Gasteiger partial charge in [0.05, 0.1) is 19.1 Å². The molecule has 2 aromatic carbocycles. The third-order valence-electron chi connectivity index (χ3n) is 4.51. The van der Waals surface area contributed by atoms with Gasteiger partial charge in [0, 0.05) is 29.7 Å². The van der Waals surface area contributed by atoms with Crippen molar-refractivity contribution in [2.24, 2.45) is 0 Å². The normalized spacial score (nSPS) is 17.9. The maximum absolute atomic E-state index is 12.3. The largest absolute Gasteiger partial charge is 0.494 e. The Hall–Kier alpha value is -2.94. The summed E-state index contributed by atoms with van der Waals surface area (Å²) in [6, 6.07) is 8.84. The number of para-hydroxylation sites is 1. The Morgan fingerprint density at radius 1 is 1.22 bits per heavy atom. The molecule has 4 rings (SSSR count). The van der Waals surface area contributed by atoms with E-state index in [4.69, 9.17) is 14.2 Å². The lowest BCUT2D eigenvalue weighted by atomic mass is 9.84. The fourth-order valence-corrected chi connectivity index (χ4v) is 4.00. The second kappa shape index (κ2) is 6.34. The van der Waals surface area contributed by atoms with E-state index >= 15 is 0 Å². The zero-order valence-corrected chi connectivity index (χ0v) is 15.6. The summed E-state index contributed by atoms with van der Waals surface area (Å²) in [7, 11) is -2.06.